The third kappa shape index (κ3) is 6.30. The van der Waals surface area contributed by atoms with Crippen molar-refractivity contribution in [1.29, 1.82) is 0 Å². The molecule has 0 aliphatic heterocycles. The number of allylic oxidation sites excluding steroid dienone is 2. The zero-order chi connectivity index (χ0) is 39.0. The molecular formula is C58H42. The molecular weight excluding hydrogens is 697 g/mol. The quantitative estimate of drug-likeness (QED) is 0.113. The summed E-state index contributed by atoms with van der Waals surface area (Å²) >= 11 is 0. The van der Waals surface area contributed by atoms with Crippen molar-refractivity contribution in [3.05, 3.63) is 229 Å². The molecule has 0 radical (unpaired) electrons. The lowest BCUT2D eigenvalue weighted by Gasteiger charge is -2.22. The Balaban J connectivity index is 1.22. The minimum absolute atomic E-state index is 1.19. The Labute approximate surface area is 340 Å². The standard InChI is InChI=1S/C58H42/c1-39(43-21-5-3-6-22-43)35-41-19-17-25-45(37-41)55-47-27-9-13-31-51(47)57(52-32-14-10-28-48(52)55)58-53-33-15-11-29-49(53)56(50-30-12-16-34-54(50)58)46-26-18-20-42(38-46)36-40(2)44-23-7-4-8-24-44/h3-38H,1-2H3/b39-35-,40-36+. The van der Waals surface area contributed by atoms with Gasteiger partial charge in [-0.2, -0.15) is 0 Å². The fourth-order valence-corrected chi connectivity index (χ4v) is 9.05. The molecule has 0 saturated heterocycles. The van der Waals surface area contributed by atoms with E-state index >= 15 is 0 Å². The maximum atomic E-state index is 2.35. The van der Waals surface area contributed by atoms with Crippen LogP contribution >= 0.6 is 0 Å². The molecule has 0 aliphatic rings. The van der Waals surface area contributed by atoms with Crippen LogP contribution in [0.1, 0.15) is 36.1 Å². The molecule has 0 spiro atoms. The van der Waals surface area contributed by atoms with Crippen LogP contribution in [-0.2, 0) is 0 Å². The van der Waals surface area contributed by atoms with Crippen LogP contribution in [0.15, 0.2) is 206 Å². The number of fused-ring (bicyclic) bond motifs is 4. The lowest BCUT2D eigenvalue weighted by atomic mass is 9.81. The Morgan fingerprint density at radius 1 is 0.276 bits per heavy atom. The van der Waals surface area contributed by atoms with Crippen LogP contribution in [0, 0.1) is 0 Å². The molecule has 10 aromatic carbocycles. The summed E-state index contributed by atoms with van der Waals surface area (Å²) in [4.78, 5) is 0. The van der Waals surface area contributed by atoms with Crippen molar-refractivity contribution in [3.63, 3.8) is 0 Å². The second-order valence-electron chi connectivity index (χ2n) is 15.3. The molecule has 0 unspecified atom stereocenters. The lowest BCUT2D eigenvalue weighted by molar-refractivity contribution is 1.57. The topological polar surface area (TPSA) is 0 Å². The Bertz CT molecular complexity index is 2880. The van der Waals surface area contributed by atoms with Crippen molar-refractivity contribution in [3.8, 4) is 33.4 Å². The number of hydrogen-bond acceptors (Lipinski definition) is 0. The molecule has 0 heterocycles. The summed E-state index contributed by atoms with van der Waals surface area (Å²) in [7, 11) is 0. The van der Waals surface area contributed by atoms with E-state index < -0.39 is 0 Å². The van der Waals surface area contributed by atoms with E-state index in [0.717, 1.165) is 0 Å². The van der Waals surface area contributed by atoms with E-state index in [1.165, 1.54) is 110 Å². The SMILES string of the molecule is C/C(=C/c1cccc(-c2c3ccccc3c(-c3c4ccccc4c(-c4cccc(/C=C(\C)c5ccccc5)c4)c4ccccc34)c3ccccc23)c1)c1ccccc1. The van der Waals surface area contributed by atoms with Crippen molar-refractivity contribution >= 4 is 66.4 Å². The predicted octanol–water partition coefficient (Wildman–Crippen LogP) is 16.4. The van der Waals surface area contributed by atoms with E-state index in [-0.39, 0.29) is 0 Å². The average molecular weight is 739 g/mol. The molecule has 0 amide bonds. The second kappa shape index (κ2) is 15.0. The van der Waals surface area contributed by atoms with E-state index in [2.05, 4.69) is 232 Å². The predicted molar refractivity (Wildman–Crippen MR) is 253 cm³/mol. The van der Waals surface area contributed by atoms with Crippen LogP contribution in [0.25, 0.3) is 99.8 Å². The Morgan fingerprint density at radius 3 is 0.862 bits per heavy atom. The highest BCUT2D eigenvalue weighted by atomic mass is 14.2. The first-order valence-corrected chi connectivity index (χ1v) is 20.2. The minimum Gasteiger partial charge on any atom is -0.0622 e. The van der Waals surface area contributed by atoms with E-state index in [4.69, 9.17) is 0 Å². The van der Waals surface area contributed by atoms with Gasteiger partial charge in [0.15, 0.2) is 0 Å². The molecule has 0 aromatic heterocycles. The number of benzene rings is 10. The van der Waals surface area contributed by atoms with Gasteiger partial charge in [0, 0.05) is 0 Å². The van der Waals surface area contributed by atoms with Crippen LogP contribution < -0.4 is 0 Å². The molecule has 0 aliphatic carbocycles. The Hall–Kier alpha value is -7.28. The first-order chi connectivity index (χ1) is 28.6. The highest BCUT2D eigenvalue weighted by Crippen LogP contribution is 2.50. The zero-order valence-electron chi connectivity index (χ0n) is 32.8. The average Bonchev–Trinajstić information content (AvgIpc) is 3.28. The molecule has 10 rings (SSSR count). The fourth-order valence-electron chi connectivity index (χ4n) is 9.05. The fraction of sp³-hybridized carbons (Fsp3) is 0.0345. The lowest BCUT2D eigenvalue weighted by Crippen LogP contribution is -1.95. The third-order valence-electron chi connectivity index (χ3n) is 11.7. The van der Waals surface area contributed by atoms with Crippen LogP contribution in [0.2, 0.25) is 0 Å². The van der Waals surface area contributed by atoms with Gasteiger partial charge in [-0.15, -0.1) is 0 Å². The van der Waals surface area contributed by atoms with E-state index in [9.17, 15) is 0 Å². The minimum atomic E-state index is 1.19. The third-order valence-corrected chi connectivity index (χ3v) is 11.7. The normalized spacial score (nSPS) is 12.2. The van der Waals surface area contributed by atoms with Gasteiger partial charge in [-0.1, -0.05) is 206 Å². The molecule has 0 N–H and O–H groups in total. The van der Waals surface area contributed by atoms with Gasteiger partial charge >= 0.3 is 0 Å². The first-order valence-electron chi connectivity index (χ1n) is 20.2. The van der Waals surface area contributed by atoms with Crippen LogP contribution in [0.3, 0.4) is 0 Å². The van der Waals surface area contributed by atoms with Gasteiger partial charge in [-0.05, 0) is 136 Å². The maximum Gasteiger partial charge on any atom is -0.00139 e. The van der Waals surface area contributed by atoms with Crippen molar-refractivity contribution in [2.45, 2.75) is 13.8 Å². The largest absolute Gasteiger partial charge is 0.0622 e. The van der Waals surface area contributed by atoms with Gasteiger partial charge in [0.1, 0.15) is 0 Å². The monoisotopic (exact) mass is 738 g/mol. The Morgan fingerprint density at radius 2 is 0.552 bits per heavy atom. The van der Waals surface area contributed by atoms with Gasteiger partial charge in [-0.3, -0.25) is 0 Å². The van der Waals surface area contributed by atoms with E-state index in [0.29, 0.717) is 0 Å². The van der Waals surface area contributed by atoms with Gasteiger partial charge in [-0.25, -0.2) is 0 Å². The Kier molecular flexibility index (Phi) is 9.09. The molecule has 0 saturated carbocycles. The zero-order valence-corrected chi connectivity index (χ0v) is 32.8. The summed E-state index contributed by atoms with van der Waals surface area (Å²) in [5, 5.41) is 10.0. The van der Waals surface area contributed by atoms with Crippen LogP contribution in [0.5, 0.6) is 0 Å². The second-order valence-corrected chi connectivity index (χ2v) is 15.3. The summed E-state index contributed by atoms with van der Waals surface area (Å²) in [6.45, 7) is 4.39. The molecule has 10 aromatic rings. The maximum absolute atomic E-state index is 2.35. The summed E-state index contributed by atoms with van der Waals surface area (Å²) < 4.78 is 0. The summed E-state index contributed by atoms with van der Waals surface area (Å²) in [6.07, 6.45) is 4.60. The van der Waals surface area contributed by atoms with Gasteiger partial charge < -0.3 is 0 Å². The first kappa shape index (κ1) is 35.2. The number of rotatable bonds is 7. The number of hydrogen-bond donors (Lipinski definition) is 0. The smallest absolute Gasteiger partial charge is 0.00139 e. The van der Waals surface area contributed by atoms with Crippen molar-refractivity contribution in [1.82, 2.24) is 0 Å². The van der Waals surface area contributed by atoms with E-state index in [1.807, 2.05) is 0 Å². The van der Waals surface area contributed by atoms with Crippen LogP contribution in [-0.4, -0.2) is 0 Å². The molecule has 0 bridgehead atoms. The van der Waals surface area contributed by atoms with Gasteiger partial charge in [0.25, 0.3) is 0 Å². The van der Waals surface area contributed by atoms with Crippen molar-refractivity contribution in [2.75, 3.05) is 0 Å². The summed E-state index contributed by atoms with van der Waals surface area (Å²) in [5.74, 6) is 0. The molecule has 0 fully saturated rings. The molecule has 0 nitrogen and oxygen atoms in total. The van der Waals surface area contributed by atoms with E-state index in [1.54, 1.807) is 0 Å². The molecule has 58 heavy (non-hydrogen) atoms. The molecule has 0 heteroatoms. The highest BCUT2D eigenvalue weighted by Gasteiger charge is 2.22. The molecule has 0 atom stereocenters. The van der Waals surface area contributed by atoms with Crippen molar-refractivity contribution < 1.29 is 0 Å². The summed E-state index contributed by atoms with van der Waals surface area (Å²) in [5.41, 5.74) is 14.9. The molecule has 274 valence electrons. The van der Waals surface area contributed by atoms with Crippen molar-refractivity contribution in [2.24, 2.45) is 0 Å². The summed E-state index contributed by atoms with van der Waals surface area (Å²) in [6, 6.07) is 75.4. The van der Waals surface area contributed by atoms with Gasteiger partial charge in [0.05, 0.1) is 0 Å². The van der Waals surface area contributed by atoms with Gasteiger partial charge in [0.2, 0.25) is 0 Å². The highest BCUT2D eigenvalue weighted by molar-refractivity contribution is 6.30. The van der Waals surface area contributed by atoms with Crippen LogP contribution in [0.4, 0.5) is 0 Å².